The van der Waals surface area contributed by atoms with Crippen LogP contribution in [0.3, 0.4) is 0 Å². The van der Waals surface area contributed by atoms with E-state index in [1.54, 1.807) is 6.92 Å². The van der Waals surface area contributed by atoms with Crippen LogP contribution in [0.4, 0.5) is 0 Å². The minimum Gasteiger partial charge on any atom is -0.295 e. The first-order valence-corrected chi connectivity index (χ1v) is 6.10. The zero-order valence-electron chi connectivity index (χ0n) is 10.5. The molecular weight excluding hydrogens is 220 g/mol. The average molecular weight is 234 g/mol. The second kappa shape index (κ2) is 3.95. The van der Waals surface area contributed by atoms with Gasteiger partial charge in [-0.15, -0.1) is 0 Å². The van der Waals surface area contributed by atoms with Crippen LogP contribution in [0.15, 0.2) is 48.5 Å². The number of carbonyl (C=O) groups is 1. The van der Waals surface area contributed by atoms with Crippen molar-refractivity contribution in [2.75, 3.05) is 0 Å². The quantitative estimate of drug-likeness (QED) is 0.447. The summed E-state index contributed by atoms with van der Waals surface area (Å²) in [5, 5.41) is 4.86. The number of fused-ring (bicyclic) bond motifs is 2. The number of Topliss-reactive ketones (excluding diaryl/α,β-unsaturated/α-hetero) is 1. The van der Waals surface area contributed by atoms with Crippen molar-refractivity contribution in [1.29, 1.82) is 0 Å². The van der Waals surface area contributed by atoms with Crippen LogP contribution in [-0.2, 0) is 0 Å². The molecule has 0 fully saturated rings. The van der Waals surface area contributed by atoms with E-state index in [4.69, 9.17) is 0 Å². The molecule has 18 heavy (non-hydrogen) atoms. The zero-order chi connectivity index (χ0) is 12.7. The Morgan fingerprint density at radius 3 is 2.39 bits per heavy atom. The Kier molecular flexibility index (Phi) is 2.41. The molecule has 3 aromatic rings. The van der Waals surface area contributed by atoms with Gasteiger partial charge in [-0.1, -0.05) is 36.4 Å². The molecule has 0 aliphatic heterocycles. The maximum Gasteiger partial charge on any atom is 0.159 e. The van der Waals surface area contributed by atoms with Crippen molar-refractivity contribution < 1.29 is 4.79 Å². The zero-order valence-corrected chi connectivity index (χ0v) is 10.5. The van der Waals surface area contributed by atoms with Gasteiger partial charge < -0.3 is 0 Å². The molecular formula is C17H14O. The lowest BCUT2D eigenvalue weighted by molar-refractivity contribution is 0.101. The molecule has 1 nitrogen and oxygen atoms in total. The highest BCUT2D eigenvalue weighted by molar-refractivity contribution is 6.05. The highest BCUT2D eigenvalue weighted by atomic mass is 16.1. The van der Waals surface area contributed by atoms with Crippen LogP contribution in [0.2, 0.25) is 0 Å². The van der Waals surface area contributed by atoms with Gasteiger partial charge in [0.2, 0.25) is 0 Å². The van der Waals surface area contributed by atoms with Gasteiger partial charge in [-0.2, -0.15) is 0 Å². The highest BCUT2D eigenvalue weighted by Gasteiger charge is 2.06. The topological polar surface area (TPSA) is 17.1 Å². The van der Waals surface area contributed by atoms with Crippen LogP contribution in [0.25, 0.3) is 21.5 Å². The summed E-state index contributed by atoms with van der Waals surface area (Å²) in [5.74, 6) is 0.114. The van der Waals surface area contributed by atoms with Crippen LogP contribution in [-0.4, -0.2) is 5.78 Å². The van der Waals surface area contributed by atoms with Crippen LogP contribution in [0, 0.1) is 6.92 Å². The maximum atomic E-state index is 11.4. The molecule has 0 bridgehead atoms. The van der Waals surface area contributed by atoms with Crippen LogP contribution in [0.1, 0.15) is 22.8 Å². The normalized spacial score (nSPS) is 11.0. The van der Waals surface area contributed by atoms with E-state index in [-0.39, 0.29) is 5.78 Å². The molecule has 0 aliphatic carbocycles. The number of hydrogen-bond donors (Lipinski definition) is 0. The number of ketones is 1. The molecule has 0 saturated heterocycles. The Bertz CT molecular complexity index is 769. The smallest absolute Gasteiger partial charge is 0.159 e. The third kappa shape index (κ3) is 1.60. The van der Waals surface area contributed by atoms with Gasteiger partial charge in [0, 0.05) is 5.56 Å². The van der Waals surface area contributed by atoms with Gasteiger partial charge in [-0.3, -0.25) is 4.79 Å². The number of carbonyl (C=O) groups excluding carboxylic acids is 1. The monoisotopic (exact) mass is 234 g/mol. The molecule has 3 aromatic carbocycles. The summed E-state index contributed by atoms with van der Waals surface area (Å²) in [5.41, 5.74) is 2.05. The van der Waals surface area contributed by atoms with E-state index >= 15 is 0 Å². The summed E-state index contributed by atoms with van der Waals surface area (Å²) >= 11 is 0. The van der Waals surface area contributed by atoms with E-state index < -0.39 is 0 Å². The van der Waals surface area contributed by atoms with Crippen LogP contribution in [0.5, 0.6) is 0 Å². The molecule has 3 rings (SSSR count). The number of aryl methyl sites for hydroxylation is 1. The van der Waals surface area contributed by atoms with E-state index in [0.29, 0.717) is 0 Å². The Morgan fingerprint density at radius 2 is 1.61 bits per heavy atom. The highest BCUT2D eigenvalue weighted by Crippen LogP contribution is 2.28. The van der Waals surface area contributed by atoms with Gasteiger partial charge in [0.15, 0.2) is 5.78 Å². The lowest BCUT2D eigenvalue weighted by Gasteiger charge is -2.08. The molecule has 0 spiro atoms. The van der Waals surface area contributed by atoms with Crippen LogP contribution >= 0.6 is 0 Å². The molecule has 88 valence electrons. The largest absolute Gasteiger partial charge is 0.295 e. The first-order valence-electron chi connectivity index (χ1n) is 6.10. The van der Waals surface area contributed by atoms with Crippen molar-refractivity contribution in [2.45, 2.75) is 13.8 Å². The first kappa shape index (κ1) is 11.0. The van der Waals surface area contributed by atoms with Crippen LogP contribution < -0.4 is 0 Å². The van der Waals surface area contributed by atoms with Gasteiger partial charge in [-0.05, 0) is 53.1 Å². The summed E-state index contributed by atoms with van der Waals surface area (Å²) in [6.45, 7) is 3.74. The molecule has 0 N–H and O–H groups in total. The van der Waals surface area contributed by atoms with Crippen molar-refractivity contribution in [3.63, 3.8) is 0 Å². The minimum absolute atomic E-state index is 0.114. The molecule has 0 aromatic heterocycles. The van der Waals surface area contributed by atoms with E-state index in [1.807, 2.05) is 24.3 Å². The summed E-state index contributed by atoms with van der Waals surface area (Å²) in [7, 11) is 0. The predicted octanol–water partition coefficient (Wildman–Crippen LogP) is 4.50. The third-order valence-electron chi connectivity index (χ3n) is 3.54. The second-order valence-electron chi connectivity index (χ2n) is 4.71. The Morgan fingerprint density at radius 1 is 0.889 bits per heavy atom. The molecule has 0 unspecified atom stereocenters. The van der Waals surface area contributed by atoms with Gasteiger partial charge >= 0.3 is 0 Å². The summed E-state index contributed by atoms with van der Waals surface area (Å²) in [6, 6.07) is 16.5. The molecule has 0 saturated carbocycles. The molecule has 0 aliphatic rings. The summed E-state index contributed by atoms with van der Waals surface area (Å²) in [6.07, 6.45) is 0. The lowest BCUT2D eigenvalue weighted by Crippen LogP contribution is -1.92. The number of rotatable bonds is 1. The standard InChI is InChI=1S/C17H14O/c1-11-16-6-4-3-5-14(16)10-15-9-13(12(2)18)7-8-17(11)15/h3-10H,1-2H3. The Hall–Kier alpha value is -2.15. The minimum atomic E-state index is 0.114. The summed E-state index contributed by atoms with van der Waals surface area (Å²) < 4.78 is 0. The SMILES string of the molecule is CC(=O)c1ccc2c(C)c3ccccc3cc2c1. The van der Waals surface area contributed by atoms with Crippen molar-refractivity contribution >= 4 is 27.3 Å². The molecule has 0 heterocycles. The Balaban J connectivity index is 2.44. The maximum absolute atomic E-state index is 11.4. The number of hydrogen-bond acceptors (Lipinski definition) is 1. The lowest BCUT2D eigenvalue weighted by atomic mass is 9.96. The van der Waals surface area contributed by atoms with E-state index in [1.165, 1.54) is 21.7 Å². The van der Waals surface area contributed by atoms with Gasteiger partial charge in [0.25, 0.3) is 0 Å². The summed E-state index contributed by atoms with van der Waals surface area (Å²) in [4.78, 5) is 11.4. The molecule has 0 amide bonds. The van der Waals surface area contributed by atoms with Crippen molar-refractivity contribution in [1.82, 2.24) is 0 Å². The fourth-order valence-corrected chi connectivity index (χ4v) is 2.52. The molecule has 0 radical (unpaired) electrons. The van der Waals surface area contributed by atoms with E-state index in [9.17, 15) is 4.79 Å². The van der Waals surface area contributed by atoms with Crippen molar-refractivity contribution in [2.24, 2.45) is 0 Å². The van der Waals surface area contributed by atoms with Crippen molar-refractivity contribution in [3.8, 4) is 0 Å². The van der Waals surface area contributed by atoms with E-state index in [0.717, 1.165) is 10.9 Å². The number of benzene rings is 3. The first-order chi connectivity index (χ1) is 8.66. The fraction of sp³-hybridized carbons (Fsp3) is 0.118. The van der Waals surface area contributed by atoms with Gasteiger partial charge in [0.1, 0.15) is 0 Å². The predicted molar refractivity (Wildman–Crippen MR) is 76.2 cm³/mol. The average Bonchev–Trinajstić information content (AvgIpc) is 2.38. The molecule has 0 atom stereocenters. The fourth-order valence-electron chi connectivity index (χ4n) is 2.52. The van der Waals surface area contributed by atoms with Gasteiger partial charge in [0.05, 0.1) is 0 Å². The van der Waals surface area contributed by atoms with Gasteiger partial charge in [-0.25, -0.2) is 0 Å². The second-order valence-corrected chi connectivity index (χ2v) is 4.71. The molecule has 1 heteroatoms. The van der Waals surface area contributed by atoms with E-state index in [2.05, 4.69) is 31.2 Å². The Labute approximate surface area is 106 Å². The van der Waals surface area contributed by atoms with Crippen molar-refractivity contribution in [3.05, 3.63) is 59.7 Å². The third-order valence-corrected chi connectivity index (χ3v) is 3.54.